The summed E-state index contributed by atoms with van der Waals surface area (Å²) in [6, 6.07) is 16.4. The number of nitrogens with zero attached hydrogens (tertiary/aromatic N) is 1. The summed E-state index contributed by atoms with van der Waals surface area (Å²) in [4.78, 5) is 27.2. The third-order valence-electron chi connectivity index (χ3n) is 4.75. The van der Waals surface area contributed by atoms with Gasteiger partial charge in [-0.15, -0.1) is 0 Å². The molecule has 1 unspecified atom stereocenters. The number of ketones is 1. The van der Waals surface area contributed by atoms with Crippen LogP contribution in [0.15, 0.2) is 81.4 Å². The number of amides is 1. The van der Waals surface area contributed by atoms with Crippen LogP contribution in [0.4, 0.5) is 0 Å². The van der Waals surface area contributed by atoms with E-state index in [-0.39, 0.29) is 17.9 Å². The fourth-order valence-electron chi connectivity index (χ4n) is 3.37. The van der Waals surface area contributed by atoms with Gasteiger partial charge in [0.25, 0.3) is 11.7 Å². The zero-order chi connectivity index (χ0) is 20.5. The standard InChI is InChI=1S/C22H15BrClNO4/c23-15-7-3-13(4-8-15)19-18(20(26)14-5-9-16(24)10-6-14)21(27)22(28)25(19)12-17-2-1-11-29-17/h1-11,19,26H,12H2/b20-18+. The van der Waals surface area contributed by atoms with Gasteiger partial charge >= 0.3 is 0 Å². The van der Waals surface area contributed by atoms with Crippen molar-refractivity contribution in [2.45, 2.75) is 12.6 Å². The molecule has 7 heteroatoms. The van der Waals surface area contributed by atoms with E-state index in [4.69, 9.17) is 16.0 Å². The Morgan fingerprint density at radius 3 is 2.38 bits per heavy atom. The molecule has 1 saturated heterocycles. The van der Waals surface area contributed by atoms with E-state index in [0.717, 1.165) is 4.47 Å². The van der Waals surface area contributed by atoms with E-state index < -0.39 is 17.7 Å². The first-order valence-corrected chi connectivity index (χ1v) is 9.95. The molecule has 29 heavy (non-hydrogen) atoms. The maximum absolute atomic E-state index is 12.9. The van der Waals surface area contributed by atoms with Crippen molar-refractivity contribution in [1.29, 1.82) is 0 Å². The maximum atomic E-state index is 12.9. The quantitative estimate of drug-likeness (QED) is 0.317. The molecule has 1 atom stereocenters. The smallest absolute Gasteiger partial charge is 0.296 e. The number of hydrogen-bond acceptors (Lipinski definition) is 4. The Hall–Kier alpha value is -2.83. The largest absolute Gasteiger partial charge is 0.507 e. The van der Waals surface area contributed by atoms with Gasteiger partial charge in [-0.25, -0.2) is 0 Å². The predicted octanol–water partition coefficient (Wildman–Crippen LogP) is 5.32. The molecule has 0 aliphatic carbocycles. The lowest BCUT2D eigenvalue weighted by Gasteiger charge is -2.24. The molecule has 1 aromatic heterocycles. The number of carbonyl (C=O) groups excluding carboxylic acids is 2. The monoisotopic (exact) mass is 471 g/mol. The fourth-order valence-corrected chi connectivity index (χ4v) is 3.76. The molecule has 0 radical (unpaired) electrons. The summed E-state index contributed by atoms with van der Waals surface area (Å²) in [5.41, 5.74) is 1.15. The van der Waals surface area contributed by atoms with E-state index in [0.29, 0.717) is 21.9 Å². The van der Waals surface area contributed by atoms with Crippen molar-refractivity contribution in [2.24, 2.45) is 0 Å². The number of benzene rings is 2. The lowest BCUT2D eigenvalue weighted by molar-refractivity contribution is -0.140. The highest BCUT2D eigenvalue weighted by Crippen LogP contribution is 2.40. The number of Topliss-reactive ketones (excluding diaryl/α,β-unsaturated/α-hetero) is 1. The van der Waals surface area contributed by atoms with E-state index in [1.54, 1.807) is 36.4 Å². The lowest BCUT2D eigenvalue weighted by atomic mass is 9.95. The molecule has 4 rings (SSSR count). The lowest BCUT2D eigenvalue weighted by Crippen LogP contribution is -2.29. The van der Waals surface area contributed by atoms with Gasteiger partial charge in [0.2, 0.25) is 0 Å². The first kappa shape index (κ1) is 19.5. The average Bonchev–Trinajstić information content (AvgIpc) is 3.31. The van der Waals surface area contributed by atoms with Gasteiger partial charge in [0.15, 0.2) is 0 Å². The van der Waals surface area contributed by atoms with Crippen molar-refractivity contribution in [3.63, 3.8) is 0 Å². The highest BCUT2D eigenvalue weighted by Gasteiger charge is 2.46. The van der Waals surface area contributed by atoms with Gasteiger partial charge in [-0.2, -0.15) is 0 Å². The molecule has 1 N–H and O–H groups in total. The Balaban J connectivity index is 1.86. The number of carbonyl (C=O) groups is 2. The Kier molecular flexibility index (Phi) is 5.30. The Morgan fingerprint density at radius 1 is 1.07 bits per heavy atom. The summed E-state index contributed by atoms with van der Waals surface area (Å²) < 4.78 is 6.23. The number of likely N-dealkylation sites (tertiary alicyclic amines) is 1. The normalized spacial score (nSPS) is 18.4. The van der Waals surface area contributed by atoms with Crippen molar-refractivity contribution in [1.82, 2.24) is 4.90 Å². The fraction of sp³-hybridized carbons (Fsp3) is 0.0909. The third-order valence-corrected chi connectivity index (χ3v) is 5.53. The van der Waals surface area contributed by atoms with Crippen molar-refractivity contribution in [3.8, 4) is 0 Å². The van der Waals surface area contributed by atoms with E-state index in [1.807, 2.05) is 24.3 Å². The van der Waals surface area contributed by atoms with Gasteiger partial charge in [-0.3, -0.25) is 9.59 Å². The van der Waals surface area contributed by atoms with Crippen molar-refractivity contribution in [2.75, 3.05) is 0 Å². The van der Waals surface area contributed by atoms with Crippen LogP contribution in [0.5, 0.6) is 0 Å². The summed E-state index contributed by atoms with van der Waals surface area (Å²) in [6.45, 7) is 0.107. The van der Waals surface area contributed by atoms with Crippen LogP contribution in [0.2, 0.25) is 5.02 Å². The van der Waals surface area contributed by atoms with Crippen LogP contribution in [0.1, 0.15) is 22.9 Å². The summed E-state index contributed by atoms with van der Waals surface area (Å²) >= 11 is 9.32. The SMILES string of the molecule is O=C1C(=O)N(Cc2ccco2)C(c2ccc(Br)cc2)/C1=C(\O)c1ccc(Cl)cc1. The van der Waals surface area contributed by atoms with Gasteiger partial charge < -0.3 is 14.4 Å². The Labute approximate surface area is 180 Å². The zero-order valence-corrected chi connectivity index (χ0v) is 17.4. The summed E-state index contributed by atoms with van der Waals surface area (Å²) in [7, 11) is 0. The second kappa shape index (κ2) is 7.89. The Morgan fingerprint density at radius 2 is 1.76 bits per heavy atom. The molecule has 2 heterocycles. The molecule has 1 fully saturated rings. The van der Waals surface area contributed by atoms with E-state index in [1.165, 1.54) is 11.2 Å². The number of aliphatic hydroxyl groups is 1. The molecule has 0 saturated carbocycles. The minimum absolute atomic E-state index is 0.0335. The number of halogens is 2. The second-order valence-corrected chi connectivity index (χ2v) is 7.92. The molecule has 5 nitrogen and oxygen atoms in total. The van der Waals surface area contributed by atoms with E-state index in [9.17, 15) is 14.7 Å². The minimum atomic E-state index is -0.746. The molecule has 2 aromatic carbocycles. The van der Waals surface area contributed by atoms with Gasteiger partial charge in [0.05, 0.1) is 24.4 Å². The van der Waals surface area contributed by atoms with Crippen LogP contribution in [0.25, 0.3) is 5.76 Å². The number of rotatable bonds is 4. The van der Waals surface area contributed by atoms with E-state index >= 15 is 0 Å². The van der Waals surface area contributed by atoms with Crippen LogP contribution < -0.4 is 0 Å². The molecular formula is C22H15BrClNO4. The predicted molar refractivity (Wildman–Crippen MR) is 112 cm³/mol. The second-order valence-electron chi connectivity index (χ2n) is 6.56. The zero-order valence-electron chi connectivity index (χ0n) is 15.0. The average molecular weight is 473 g/mol. The van der Waals surface area contributed by atoms with Crippen molar-refractivity contribution in [3.05, 3.63) is 98.9 Å². The Bertz CT molecular complexity index is 1090. The van der Waals surface area contributed by atoms with Crippen LogP contribution in [-0.4, -0.2) is 21.7 Å². The molecule has 1 amide bonds. The maximum Gasteiger partial charge on any atom is 0.296 e. The summed E-state index contributed by atoms with van der Waals surface area (Å²) in [5.74, 6) is -1.13. The van der Waals surface area contributed by atoms with Crippen LogP contribution >= 0.6 is 27.5 Å². The molecule has 3 aromatic rings. The van der Waals surface area contributed by atoms with Gasteiger partial charge in [-0.05, 0) is 54.1 Å². The van der Waals surface area contributed by atoms with Crippen LogP contribution in [-0.2, 0) is 16.1 Å². The summed E-state index contributed by atoms with van der Waals surface area (Å²) in [5, 5.41) is 11.4. The first-order valence-electron chi connectivity index (χ1n) is 8.78. The molecular weight excluding hydrogens is 458 g/mol. The van der Waals surface area contributed by atoms with Gasteiger partial charge in [0, 0.05) is 15.1 Å². The number of furan rings is 1. The molecule has 1 aliphatic heterocycles. The van der Waals surface area contributed by atoms with Crippen molar-refractivity contribution < 1.29 is 19.1 Å². The first-order chi connectivity index (χ1) is 14.0. The number of aliphatic hydroxyl groups excluding tert-OH is 1. The highest BCUT2D eigenvalue weighted by molar-refractivity contribution is 9.10. The van der Waals surface area contributed by atoms with E-state index in [2.05, 4.69) is 15.9 Å². The topological polar surface area (TPSA) is 70.8 Å². The van der Waals surface area contributed by atoms with Gasteiger partial charge in [-0.1, -0.05) is 39.7 Å². The number of hydrogen-bond donors (Lipinski definition) is 1. The molecule has 0 spiro atoms. The molecule has 0 bridgehead atoms. The molecule has 146 valence electrons. The highest BCUT2D eigenvalue weighted by atomic mass is 79.9. The van der Waals surface area contributed by atoms with Crippen LogP contribution in [0, 0.1) is 0 Å². The molecule has 1 aliphatic rings. The van der Waals surface area contributed by atoms with Crippen molar-refractivity contribution >= 4 is 45.0 Å². The summed E-state index contributed by atoms with van der Waals surface area (Å²) in [6.07, 6.45) is 1.51. The minimum Gasteiger partial charge on any atom is -0.507 e. The van der Waals surface area contributed by atoms with Gasteiger partial charge in [0.1, 0.15) is 11.5 Å². The third kappa shape index (κ3) is 3.73. The van der Waals surface area contributed by atoms with Crippen LogP contribution in [0.3, 0.4) is 0 Å².